The Morgan fingerprint density at radius 1 is 1.41 bits per heavy atom. The van der Waals surface area contributed by atoms with Crippen LogP contribution in [0.1, 0.15) is 19.8 Å². The first-order chi connectivity index (χ1) is 8.27. The SMILES string of the molecule is CC(CNC(=O)C1CCCO1)N1CCOCC1. The van der Waals surface area contributed by atoms with Crippen LogP contribution in [0.25, 0.3) is 0 Å². The number of nitrogens with one attached hydrogen (secondary N) is 1. The van der Waals surface area contributed by atoms with Crippen LogP contribution in [0, 0.1) is 0 Å². The topological polar surface area (TPSA) is 50.8 Å². The van der Waals surface area contributed by atoms with Crippen LogP contribution in [0.5, 0.6) is 0 Å². The molecule has 17 heavy (non-hydrogen) atoms. The molecule has 2 heterocycles. The van der Waals surface area contributed by atoms with E-state index in [9.17, 15) is 4.79 Å². The molecule has 2 fully saturated rings. The number of morpholine rings is 1. The summed E-state index contributed by atoms with van der Waals surface area (Å²) in [5.41, 5.74) is 0. The number of hydrogen-bond donors (Lipinski definition) is 1. The van der Waals surface area contributed by atoms with Gasteiger partial charge < -0.3 is 14.8 Å². The van der Waals surface area contributed by atoms with Crippen molar-refractivity contribution in [1.82, 2.24) is 10.2 Å². The minimum atomic E-state index is -0.216. The summed E-state index contributed by atoms with van der Waals surface area (Å²) in [6.07, 6.45) is 1.64. The van der Waals surface area contributed by atoms with Gasteiger partial charge in [0.1, 0.15) is 6.10 Å². The zero-order valence-electron chi connectivity index (χ0n) is 10.5. The van der Waals surface area contributed by atoms with E-state index in [4.69, 9.17) is 9.47 Å². The molecule has 2 atom stereocenters. The molecule has 0 aromatic heterocycles. The minimum Gasteiger partial charge on any atom is -0.379 e. The summed E-state index contributed by atoms with van der Waals surface area (Å²) < 4.78 is 10.7. The largest absolute Gasteiger partial charge is 0.379 e. The molecule has 2 unspecified atom stereocenters. The van der Waals surface area contributed by atoms with Crippen LogP contribution in [0.4, 0.5) is 0 Å². The maximum atomic E-state index is 11.8. The van der Waals surface area contributed by atoms with Gasteiger partial charge in [-0.15, -0.1) is 0 Å². The third-order valence-corrected chi connectivity index (χ3v) is 3.46. The Labute approximate surface area is 102 Å². The normalized spacial score (nSPS) is 27.9. The Hall–Kier alpha value is -0.650. The number of rotatable bonds is 4. The zero-order chi connectivity index (χ0) is 12.1. The third-order valence-electron chi connectivity index (χ3n) is 3.46. The highest BCUT2D eigenvalue weighted by Crippen LogP contribution is 2.11. The Morgan fingerprint density at radius 3 is 2.82 bits per heavy atom. The summed E-state index contributed by atoms with van der Waals surface area (Å²) in [6.45, 7) is 7.05. The number of carbonyl (C=O) groups is 1. The fourth-order valence-electron chi connectivity index (χ4n) is 2.29. The Kier molecular flexibility index (Phi) is 4.76. The Balaban J connectivity index is 1.67. The van der Waals surface area contributed by atoms with Crippen molar-refractivity contribution in [3.05, 3.63) is 0 Å². The lowest BCUT2D eigenvalue weighted by Crippen LogP contribution is -2.48. The monoisotopic (exact) mass is 242 g/mol. The minimum absolute atomic E-state index is 0.0441. The molecule has 0 aliphatic carbocycles. The summed E-state index contributed by atoms with van der Waals surface area (Å²) in [4.78, 5) is 14.1. The summed E-state index contributed by atoms with van der Waals surface area (Å²) in [5, 5.41) is 2.98. The molecule has 2 rings (SSSR count). The first-order valence-corrected chi connectivity index (χ1v) is 6.48. The molecule has 2 saturated heterocycles. The molecule has 98 valence electrons. The fraction of sp³-hybridized carbons (Fsp3) is 0.917. The molecule has 2 aliphatic heterocycles. The summed E-state index contributed by atoms with van der Waals surface area (Å²) in [5.74, 6) is 0.0441. The maximum Gasteiger partial charge on any atom is 0.249 e. The van der Waals surface area contributed by atoms with Gasteiger partial charge in [-0.25, -0.2) is 0 Å². The van der Waals surface area contributed by atoms with E-state index in [1.165, 1.54) is 0 Å². The van der Waals surface area contributed by atoms with Crippen LogP contribution >= 0.6 is 0 Å². The quantitative estimate of drug-likeness (QED) is 0.754. The molecule has 5 heteroatoms. The molecule has 0 aromatic carbocycles. The van der Waals surface area contributed by atoms with Gasteiger partial charge in [0.15, 0.2) is 0 Å². The lowest BCUT2D eigenvalue weighted by atomic mass is 10.2. The molecule has 2 aliphatic rings. The second-order valence-corrected chi connectivity index (χ2v) is 4.74. The summed E-state index contributed by atoms with van der Waals surface area (Å²) >= 11 is 0. The van der Waals surface area contributed by atoms with Crippen molar-refractivity contribution in [2.24, 2.45) is 0 Å². The molecule has 0 bridgehead atoms. The van der Waals surface area contributed by atoms with Crippen LogP contribution in [-0.2, 0) is 14.3 Å². The van der Waals surface area contributed by atoms with E-state index in [0.29, 0.717) is 12.6 Å². The first kappa shape index (κ1) is 12.8. The average molecular weight is 242 g/mol. The first-order valence-electron chi connectivity index (χ1n) is 6.48. The van der Waals surface area contributed by atoms with Crippen molar-refractivity contribution < 1.29 is 14.3 Å². The molecule has 1 amide bonds. The van der Waals surface area contributed by atoms with Gasteiger partial charge in [0.2, 0.25) is 5.91 Å². The van der Waals surface area contributed by atoms with E-state index in [1.807, 2.05) is 0 Å². The van der Waals surface area contributed by atoms with Gasteiger partial charge >= 0.3 is 0 Å². The van der Waals surface area contributed by atoms with Gasteiger partial charge in [-0.05, 0) is 19.8 Å². The highest BCUT2D eigenvalue weighted by molar-refractivity contribution is 5.80. The summed E-state index contributed by atoms with van der Waals surface area (Å²) in [6, 6.07) is 0.365. The van der Waals surface area contributed by atoms with Gasteiger partial charge in [0.05, 0.1) is 13.2 Å². The number of carbonyl (C=O) groups excluding carboxylic acids is 1. The van der Waals surface area contributed by atoms with Crippen molar-refractivity contribution in [3.8, 4) is 0 Å². The maximum absolute atomic E-state index is 11.8. The van der Waals surface area contributed by atoms with E-state index in [1.54, 1.807) is 0 Å². The molecule has 5 nitrogen and oxygen atoms in total. The third kappa shape index (κ3) is 3.66. The Bertz CT molecular complexity index is 248. The number of amides is 1. The van der Waals surface area contributed by atoms with Crippen LogP contribution in [0.2, 0.25) is 0 Å². The molecule has 0 saturated carbocycles. The van der Waals surface area contributed by atoms with Gasteiger partial charge in [-0.3, -0.25) is 9.69 Å². The number of nitrogens with zero attached hydrogens (tertiary/aromatic N) is 1. The van der Waals surface area contributed by atoms with Gasteiger partial charge in [-0.1, -0.05) is 0 Å². The smallest absolute Gasteiger partial charge is 0.249 e. The van der Waals surface area contributed by atoms with Gasteiger partial charge in [-0.2, -0.15) is 0 Å². The molecular formula is C12H22N2O3. The van der Waals surface area contributed by atoms with Gasteiger partial charge in [0.25, 0.3) is 0 Å². The van der Waals surface area contributed by atoms with Crippen LogP contribution in [0.15, 0.2) is 0 Å². The van der Waals surface area contributed by atoms with E-state index in [2.05, 4.69) is 17.1 Å². The van der Waals surface area contributed by atoms with Crippen molar-refractivity contribution >= 4 is 5.91 Å². The van der Waals surface area contributed by atoms with Crippen molar-refractivity contribution in [2.45, 2.75) is 31.9 Å². The second-order valence-electron chi connectivity index (χ2n) is 4.74. The highest BCUT2D eigenvalue weighted by atomic mass is 16.5. The predicted octanol–water partition coefficient (Wildman–Crippen LogP) is 0.00230. The van der Waals surface area contributed by atoms with E-state index < -0.39 is 0 Å². The highest BCUT2D eigenvalue weighted by Gasteiger charge is 2.24. The van der Waals surface area contributed by atoms with E-state index in [-0.39, 0.29) is 12.0 Å². The average Bonchev–Trinajstić information content (AvgIpc) is 2.90. The standard InChI is InChI=1S/C12H22N2O3/c1-10(14-4-7-16-8-5-14)9-13-12(15)11-3-2-6-17-11/h10-11H,2-9H2,1H3,(H,13,15). The fourth-order valence-corrected chi connectivity index (χ4v) is 2.29. The zero-order valence-corrected chi connectivity index (χ0v) is 10.5. The van der Waals surface area contributed by atoms with Crippen molar-refractivity contribution in [1.29, 1.82) is 0 Å². The van der Waals surface area contributed by atoms with Gasteiger partial charge in [0, 0.05) is 32.3 Å². The molecule has 0 aromatic rings. The lowest BCUT2D eigenvalue weighted by molar-refractivity contribution is -0.130. The van der Waals surface area contributed by atoms with Crippen LogP contribution in [0.3, 0.4) is 0 Å². The molecular weight excluding hydrogens is 220 g/mol. The Morgan fingerprint density at radius 2 is 2.18 bits per heavy atom. The predicted molar refractivity (Wildman–Crippen MR) is 63.8 cm³/mol. The molecule has 1 N–H and O–H groups in total. The molecule has 0 spiro atoms. The van der Waals surface area contributed by atoms with Crippen LogP contribution < -0.4 is 5.32 Å². The van der Waals surface area contributed by atoms with Crippen molar-refractivity contribution in [2.75, 3.05) is 39.5 Å². The number of hydrogen-bond acceptors (Lipinski definition) is 4. The lowest BCUT2D eigenvalue weighted by Gasteiger charge is -2.32. The summed E-state index contributed by atoms with van der Waals surface area (Å²) in [7, 11) is 0. The van der Waals surface area contributed by atoms with E-state index in [0.717, 1.165) is 45.8 Å². The van der Waals surface area contributed by atoms with Crippen LogP contribution in [-0.4, -0.2) is 62.4 Å². The second kappa shape index (κ2) is 6.33. The van der Waals surface area contributed by atoms with E-state index >= 15 is 0 Å². The van der Waals surface area contributed by atoms with Crippen molar-refractivity contribution in [3.63, 3.8) is 0 Å². The number of ether oxygens (including phenoxy) is 2. The molecule has 0 radical (unpaired) electrons.